The maximum absolute atomic E-state index is 12.1. The fraction of sp³-hybridized carbons (Fsp3) is 0.417. The minimum Gasteiger partial charge on any atom is -0.389 e. The van der Waals surface area contributed by atoms with Crippen molar-refractivity contribution in [2.24, 2.45) is 5.73 Å². The van der Waals surface area contributed by atoms with Gasteiger partial charge in [-0.05, 0) is 32.9 Å². The summed E-state index contributed by atoms with van der Waals surface area (Å²) < 4.78 is 1.37. The van der Waals surface area contributed by atoms with E-state index < -0.39 is 0 Å². The number of aromatic nitrogens is 1. The molecule has 1 aromatic heterocycles. The number of nitrogens with zero attached hydrogens (tertiary/aromatic N) is 1. The van der Waals surface area contributed by atoms with Crippen molar-refractivity contribution in [3.8, 4) is 0 Å². The summed E-state index contributed by atoms with van der Waals surface area (Å²) in [5.41, 5.74) is 6.08. The topological polar surface area (TPSA) is 77.1 Å². The highest BCUT2D eigenvalue weighted by atomic mass is 32.1. The smallest absolute Gasteiger partial charge is 0.261 e. The van der Waals surface area contributed by atoms with E-state index >= 15 is 0 Å². The van der Waals surface area contributed by atoms with Crippen molar-refractivity contribution in [2.75, 3.05) is 0 Å². The predicted octanol–water partition coefficient (Wildman–Crippen LogP) is 0.316. The summed E-state index contributed by atoms with van der Waals surface area (Å²) in [5, 5.41) is 2.73. The van der Waals surface area contributed by atoms with Gasteiger partial charge in [0.15, 0.2) is 0 Å². The second kappa shape index (κ2) is 5.77. The van der Waals surface area contributed by atoms with E-state index in [1.807, 2.05) is 13.8 Å². The molecule has 0 aromatic carbocycles. The van der Waals surface area contributed by atoms with Gasteiger partial charge in [0.2, 0.25) is 5.91 Å². The number of carbonyl (C=O) groups excluding carboxylic acids is 1. The molecule has 0 radical (unpaired) electrons. The first kappa shape index (κ1) is 14.4. The average Bonchev–Trinajstić information content (AvgIpc) is 2.22. The van der Waals surface area contributed by atoms with Crippen LogP contribution in [0.25, 0.3) is 0 Å². The molecule has 0 fully saturated rings. The molecule has 18 heavy (non-hydrogen) atoms. The van der Waals surface area contributed by atoms with E-state index in [1.54, 1.807) is 19.1 Å². The zero-order chi connectivity index (χ0) is 13.9. The third-order valence-electron chi connectivity index (χ3n) is 2.41. The maximum atomic E-state index is 12.1. The SMILES string of the molecule is Cc1ccc(C(N)=S)c(=O)n1CC(=O)NC(C)C. The summed E-state index contributed by atoms with van der Waals surface area (Å²) in [7, 11) is 0. The number of hydrogen-bond acceptors (Lipinski definition) is 3. The van der Waals surface area contributed by atoms with Gasteiger partial charge in [0.25, 0.3) is 5.56 Å². The predicted molar refractivity (Wildman–Crippen MR) is 74.6 cm³/mol. The fourth-order valence-electron chi connectivity index (χ4n) is 1.57. The molecular formula is C12H17N3O2S. The highest BCUT2D eigenvalue weighted by Gasteiger charge is 2.12. The number of nitrogens with two attached hydrogens (primary N) is 1. The number of carbonyl (C=O) groups is 1. The monoisotopic (exact) mass is 267 g/mol. The van der Waals surface area contributed by atoms with E-state index in [0.29, 0.717) is 5.69 Å². The van der Waals surface area contributed by atoms with E-state index in [1.165, 1.54) is 4.57 Å². The maximum Gasteiger partial charge on any atom is 0.261 e. The second-order valence-corrected chi connectivity index (χ2v) is 4.81. The third kappa shape index (κ3) is 3.40. The first-order valence-corrected chi connectivity index (χ1v) is 6.03. The molecule has 1 rings (SSSR count). The van der Waals surface area contributed by atoms with Gasteiger partial charge in [0.1, 0.15) is 11.5 Å². The normalized spacial score (nSPS) is 10.4. The molecule has 1 amide bonds. The number of rotatable bonds is 4. The van der Waals surface area contributed by atoms with Gasteiger partial charge >= 0.3 is 0 Å². The van der Waals surface area contributed by atoms with E-state index in [9.17, 15) is 9.59 Å². The van der Waals surface area contributed by atoms with Crippen molar-refractivity contribution < 1.29 is 4.79 Å². The van der Waals surface area contributed by atoms with Gasteiger partial charge < -0.3 is 15.6 Å². The Morgan fingerprint density at radius 1 is 1.50 bits per heavy atom. The quantitative estimate of drug-likeness (QED) is 0.770. The Balaban J connectivity index is 3.09. The summed E-state index contributed by atoms with van der Waals surface area (Å²) >= 11 is 4.80. The van der Waals surface area contributed by atoms with Crippen molar-refractivity contribution >= 4 is 23.1 Å². The van der Waals surface area contributed by atoms with Crippen molar-refractivity contribution in [3.05, 3.63) is 33.7 Å². The molecule has 3 N–H and O–H groups in total. The van der Waals surface area contributed by atoms with Crippen LogP contribution in [0.5, 0.6) is 0 Å². The zero-order valence-electron chi connectivity index (χ0n) is 10.7. The highest BCUT2D eigenvalue weighted by Crippen LogP contribution is 1.99. The molecule has 0 bridgehead atoms. The molecule has 0 aliphatic rings. The van der Waals surface area contributed by atoms with Crippen LogP contribution in [-0.4, -0.2) is 21.5 Å². The van der Waals surface area contributed by atoms with Crippen molar-refractivity contribution in [2.45, 2.75) is 33.4 Å². The van der Waals surface area contributed by atoms with Gasteiger partial charge in [-0.2, -0.15) is 0 Å². The first-order chi connectivity index (χ1) is 8.32. The van der Waals surface area contributed by atoms with E-state index in [0.717, 1.165) is 0 Å². The number of nitrogens with one attached hydrogen (secondary N) is 1. The molecule has 0 saturated carbocycles. The molecule has 0 unspecified atom stereocenters. The Morgan fingerprint density at radius 3 is 2.61 bits per heavy atom. The number of aryl methyl sites for hydroxylation is 1. The lowest BCUT2D eigenvalue weighted by molar-refractivity contribution is -0.122. The summed E-state index contributed by atoms with van der Waals surface area (Å²) in [6, 6.07) is 3.34. The molecule has 1 aromatic rings. The van der Waals surface area contributed by atoms with E-state index in [2.05, 4.69) is 5.32 Å². The summed E-state index contributed by atoms with van der Waals surface area (Å²) in [6.45, 7) is 5.45. The lowest BCUT2D eigenvalue weighted by Crippen LogP contribution is -2.38. The Kier molecular flexibility index (Phi) is 4.61. The number of thiocarbonyl (C=S) groups is 1. The van der Waals surface area contributed by atoms with Gasteiger partial charge in [0, 0.05) is 11.7 Å². The lowest BCUT2D eigenvalue weighted by Gasteiger charge is -2.13. The summed E-state index contributed by atoms with van der Waals surface area (Å²) in [6.07, 6.45) is 0. The van der Waals surface area contributed by atoms with Gasteiger partial charge in [-0.1, -0.05) is 12.2 Å². The van der Waals surface area contributed by atoms with Gasteiger partial charge in [0.05, 0.1) is 5.56 Å². The van der Waals surface area contributed by atoms with Crippen LogP contribution in [0.15, 0.2) is 16.9 Å². The van der Waals surface area contributed by atoms with Crippen LogP contribution in [-0.2, 0) is 11.3 Å². The first-order valence-electron chi connectivity index (χ1n) is 5.62. The van der Waals surface area contributed by atoms with Crippen LogP contribution in [0.2, 0.25) is 0 Å². The fourth-order valence-corrected chi connectivity index (χ4v) is 1.72. The van der Waals surface area contributed by atoms with Crippen LogP contribution in [0.3, 0.4) is 0 Å². The molecule has 0 spiro atoms. The van der Waals surface area contributed by atoms with Gasteiger partial charge in [-0.25, -0.2) is 0 Å². The van der Waals surface area contributed by atoms with Crippen LogP contribution in [0, 0.1) is 6.92 Å². The molecule has 1 heterocycles. The molecule has 0 atom stereocenters. The number of amides is 1. The van der Waals surface area contributed by atoms with Crippen LogP contribution in [0.1, 0.15) is 25.1 Å². The summed E-state index contributed by atoms with van der Waals surface area (Å²) in [4.78, 5) is 23.8. The number of hydrogen-bond donors (Lipinski definition) is 2. The second-order valence-electron chi connectivity index (χ2n) is 4.37. The Hall–Kier alpha value is -1.69. The molecule has 98 valence electrons. The van der Waals surface area contributed by atoms with E-state index in [4.69, 9.17) is 18.0 Å². The van der Waals surface area contributed by atoms with E-state index in [-0.39, 0.29) is 34.6 Å². The molecule has 0 aliphatic carbocycles. The Morgan fingerprint density at radius 2 is 2.11 bits per heavy atom. The largest absolute Gasteiger partial charge is 0.389 e. The molecule has 0 saturated heterocycles. The van der Waals surface area contributed by atoms with Crippen molar-refractivity contribution in [1.82, 2.24) is 9.88 Å². The minimum atomic E-state index is -0.332. The standard InChI is InChI=1S/C12H17N3O2S/c1-7(2)14-10(16)6-15-8(3)4-5-9(11(13)18)12(15)17/h4-5,7H,6H2,1-3H3,(H2,13,18)(H,14,16). The molecule has 6 heteroatoms. The van der Waals surface area contributed by atoms with Crippen LogP contribution >= 0.6 is 12.2 Å². The zero-order valence-corrected chi connectivity index (χ0v) is 11.5. The van der Waals surface area contributed by atoms with Crippen LogP contribution in [0.4, 0.5) is 0 Å². The summed E-state index contributed by atoms with van der Waals surface area (Å²) in [5.74, 6) is -0.213. The minimum absolute atomic E-state index is 0.0285. The third-order valence-corrected chi connectivity index (χ3v) is 2.63. The Labute approximate surface area is 111 Å². The van der Waals surface area contributed by atoms with Crippen LogP contribution < -0.4 is 16.6 Å². The average molecular weight is 267 g/mol. The molecule has 5 nitrogen and oxygen atoms in total. The van der Waals surface area contributed by atoms with Gasteiger partial charge in [-0.15, -0.1) is 0 Å². The highest BCUT2D eigenvalue weighted by molar-refractivity contribution is 7.80. The van der Waals surface area contributed by atoms with Crippen molar-refractivity contribution in [3.63, 3.8) is 0 Å². The molecule has 0 aliphatic heterocycles. The van der Waals surface area contributed by atoms with Crippen molar-refractivity contribution in [1.29, 1.82) is 0 Å². The van der Waals surface area contributed by atoms with Gasteiger partial charge in [-0.3, -0.25) is 9.59 Å². The number of pyridine rings is 1. The molecular weight excluding hydrogens is 250 g/mol. The Bertz CT molecular complexity index is 535. The lowest BCUT2D eigenvalue weighted by atomic mass is 10.2.